The van der Waals surface area contributed by atoms with E-state index >= 15 is 0 Å². The van der Waals surface area contributed by atoms with Crippen molar-refractivity contribution in [3.8, 4) is 11.3 Å². The first-order chi connectivity index (χ1) is 15.5. The fourth-order valence-corrected chi connectivity index (χ4v) is 4.95. The molecule has 8 heteroatoms. The van der Waals surface area contributed by atoms with E-state index in [0.29, 0.717) is 5.69 Å². The summed E-state index contributed by atoms with van der Waals surface area (Å²) in [4.78, 5) is 14.7. The summed E-state index contributed by atoms with van der Waals surface area (Å²) < 4.78 is 24.6. The lowest BCUT2D eigenvalue weighted by Gasteiger charge is -2.27. The van der Waals surface area contributed by atoms with Crippen LogP contribution in [0.3, 0.4) is 0 Å². The van der Waals surface area contributed by atoms with Crippen molar-refractivity contribution in [2.75, 3.05) is 29.1 Å². The predicted octanol–water partition coefficient (Wildman–Crippen LogP) is 3.94. The molecule has 0 bridgehead atoms. The molecule has 1 amide bonds. The highest BCUT2D eigenvalue weighted by molar-refractivity contribution is 7.91. The minimum absolute atomic E-state index is 0.109. The molecule has 1 aromatic heterocycles. The number of amides is 1. The predicted molar refractivity (Wildman–Crippen MR) is 125 cm³/mol. The van der Waals surface area contributed by atoms with Gasteiger partial charge in [0.1, 0.15) is 0 Å². The van der Waals surface area contributed by atoms with Gasteiger partial charge >= 0.3 is 0 Å². The van der Waals surface area contributed by atoms with Crippen LogP contribution < -0.4 is 10.2 Å². The first-order valence-corrected chi connectivity index (χ1v) is 12.4. The number of benzene rings is 2. The Morgan fingerprint density at radius 3 is 2.25 bits per heavy atom. The topological polar surface area (TPSA) is 92.3 Å². The molecule has 1 saturated heterocycles. The maximum atomic E-state index is 12.3. The van der Waals surface area contributed by atoms with Gasteiger partial charge in [0.05, 0.1) is 16.3 Å². The third kappa shape index (κ3) is 5.50. The Kier molecular flexibility index (Phi) is 6.80. The zero-order valence-corrected chi connectivity index (χ0v) is 18.6. The molecule has 7 nitrogen and oxygen atoms in total. The average molecular weight is 451 g/mol. The number of sulfone groups is 1. The van der Waals surface area contributed by atoms with Crippen LogP contribution in [0.1, 0.15) is 25.7 Å². The Balaban J connectivity index is 1.33. The summed E-state index contributed by atoms with van der Waals surface area (Å²) in [7, 11) is -3.48. The molecule has 2 heterocycles. The van der Waals surface area contributed by atoms with E-state index in [0.717, 1.165) is 30.2 Å². The lowest BCUT2D eigenvalue weighted by atomic mass is 10.1. The van der Waals surface area contributed by atoms with Crippen LogP contribution in [0.2, 0.25) is 0 Å². The van der Waals surface area contributed by atoms with E-state index in [1.807, 2.05) is 24.3 Å². The second-order valence-corrected chi connectivity index (χ2v) is 9.94. The number of hydrogen-bond donors (Lipinski definition) is 1. The SMILES string of the molecule is O=C(CCS(=O)(=O)c1ccccc1)Nc1ccc(-c2ccc(N3CCCCC3)nn2)cc1. The number of carbonyl (C=O) groups excluding carboxylic acids is 1. The first kappa shape index (κ1) is 22.0. The van der Waals surface area contributed by atoms with E-state index < -0.39 is 9.84 Å². The smallest absolute Gasteiger partial charge is 0.225 e. The van der Waals surface area contributed by atoms with Gasteiger partial charge in [0.2, 0.25) is 5.91 Å². The molecular weight excluding hydrogens is 424 g/mol. The van der Waals surface area contributed by atoms with Crippen molar-refractivity contribution in [1.82, 2.24) is 10.2 Å². The summed E-state index contributed by atoms with van der Waals surface area (Å²) in [5, 5.41) is 11.5. The van der Waals surface area contributed by atoms with Crippen molar-refractivity contribution >= 4 is 27.2 Å². The summed E-state index contributed by atoms with van der Waals surface area (Å²) >= 11 is 0. The van der Waals surface area contributed by atoms with Gasteiger partial charge in [-0.2, -0.15) is 0 Å². The average Bonchev–Trinajstić information content (AvgIpc) is 2.85. The van der Waals surface area contributed by atoms with E-state index in [1.54, 1.807) is 30.3 Å². The minimum Gasteiger partial charge on any atom is -0.355 e. The lowest BCUT2D eigenvalue weighted by Crippen LogP contribution is -2.30. The van der Waals surface area contributed by atoms with Gasteiger partial charge < -0.3 is 10.2 Å². The Morgan fingerprint density at radius 1 is 0.875 bits per heavy atom. The third-order valence-corrected chi connectivity index (χ3v) is 7.23. The molecule has 1 fully saturated rings. The number of nitrogens with zero attached hydrogens (tertiary/aromatic N) is 3. The maximum absolute atomic E-state index is 12.3. The van der Waals surface area contributed by atoms with Crippen molar-refractivity contribution in [2.45, 2.75) is 30.6 Å². The third-order valence-electron chi connectivity index (χ3n) is 5.50. The van der Waals surface area contributed by atoms with E-state index in [-0.39, 0.29) is 23.0 Å². The standard InChI is InChI=1S/C24H26N4O3S/c29-24(15-18-32(30,31)21-7-3-1-4-8-21)25-20-11-9-19(10-12-20)22-13-14-23(27-26-22)28-16-5-2-6-17-28/h1,3-4,7-14H,2,5-6,15-18H2,(H,25,29). The van der Waals surface area contributed by atoms with Crippen LogP contribution in [0, 0.1) is 0 Å². The molecule has 0 aliphatic carbocycles. The summed E-state index contributed by atoms with van der Waals surface area (Å²) in [5.41, 5.74) is 2.26. The Morgan fingerprint density at radius 2 is 1.59 bits per heavy atom. The van der Waals surface area contributed by atoms with Crippen LogP contribution in [0.15, 0.2) is 71.6 Å². The molecule has 0 spiro atoms. The van der Waals surface area contributed by atoms with E-state index in [1.165, 1.54) is 31.4 Å². The van der Waals surface area contributed by atoms with E-state index in [9.17, 15) is 13.2 Å². The highest BCUT2D eigenvalue weighted by Gasteiger charge is 2.16. The number of nitrogens with one attached hydrogen (secondary N) is 1. The summed E-state index contributed by atoms with van der Waals surface area (Å²) in [5.74, 6) is 0.325. The summed E-state index contributed by atoms with van der Waals surface area (Å²) in [6.07, 6.45) is 3.54. The van der Waals surface area contributed by atoms with Crippen LogP contribution in [0.25, 0.3) is 11.3 Å². The van der Waals surface area contributed by atoms with Crippen molar-refractivity contribution in [3.05, 3.63) is 66.7 Å². The normalized spacial score (nSPS) is 14.2. The van der Waals surface area contributed by atoms with Gasteiger partial charge in [0, 0.05) is 30.8 Å². The molecule has 1 aliphatic heterocycles. The Bertz CT molecular complexity index is 1140. The molecule has 32 heavy (non-hydrogen) atoms. The zero-order valence-electron chi connectivity index (χ0n) is 17.8. The quantitative estimate of drug-likeness (QED) is 0.586. The number of rotatable bonds is 7. The summed E-state index contributed by atoms with van der Waals surface area (Å²) in [6.45, 7) is 2.05. The molecule has 1 aliphatic rings. The van der Waals surface area contributed by atoms with Gasteiger partial charge in [-0.25, -0.2) is 8.42 Å². The van der Waals surface area contributed by atoms with Gasteiger partial charge in [-0.05, 0) is 55.7 Å². The van der Waals surface area contributed by atoms with Crippen molar-refractivity contribution in [2.24, 2.45) is 0 Å². The van der Waals surface area contributed by atoms with Crippen LogP contribution >= 0.6 is 0 Å². The number of carbonyl (C=O) groups is 1. The minimum atomic E-state index is -3.48. The fourth-order valence-electron chi connectivity index (χ4n) is 3.69. The van der Waals surface area contributed by atoms with Crippen LogP contribution in [-0.2, 0) is 14.6 Å². The maximum Gasteiger partial charge on any atom is 0.225 e. The first-order valence-electron chi connectivity index (χ1n) is 10.8. The van der Waals surface area contributed by atoms with Crippen LogP contribution in [-0.4, -0.2) is 43.4 Å². The number of aromatic nitrogens is 2. The molecule has 0 saturated carbocycles. The van der Waals surface area contributed by atoms with Crippen molar-refractivity contribution < 1.29 is 13.2 Å². The van der Waals surface area contributed by atoms with Gasteiger partial charge in [-0.15, -0.1) is 10.2 Å². The van der Waals surface area contributed by atoms with Gasteiger partial charge in [-0.1, -0.05) is 30.3 Å². The van der Waals surface area contributed by atoms with E-state index in [2.05, 4.69) is 20.4 Å². The molecule has 166 valence electrons. The second-order valence-electron chi connectivity index (χ2n) is 7.83. The molecular formula is C24H26N4O3S. The molecule has 0 atom stereocenters. The summed E-state index contributed by atoms with van der Waals surface area (Å²) in [6, 6.07) is 19.4. The Labute approximate surface area is 188 Å². The second kappa shape index (κ2) is 9.91. The largest absolute Gasteiger partial charge is 0.355 e. The molecule has 4 rings (SSSR count). The number of anilines is 2. The lowest BCUT2D eigenvalue weighted by molar-refractivity contribution is -0.115. The van der Waals surface area contributed by atoms with E-state index in [4.69, 9.17) is 0 Å². The highest BCUT2D eigenvalue weighted by atomic mass is 32.2. The number of hydrogen-bond acceptors (Lipinski definition) is 6. The van der Waals surface area contributed by atoms with Gasteiger partial charge in [0.15, 0.2) is 15.7 Å². The molecule has 0 radical (unpaired) electrons. The van der Waals surface area contributed by atoms with Crippen molar-refractivity contribution in [3.63, 3.8) is 0 Å². The molecule has 3 aromatic rings. The molecule has 2 aromatic carbocycles. The molecule has 0 unspecified atom stereocenters. The van der Waals surface area contributed by atoms with Crippen LogP contribution in [0.5, 0.6) is 0 Å². The highest BCUT2D eigenvalue weighted by Crippen LogP contribution is 2.22. The van der Waals surface area contributed by atoms with Crippen molar-refractivity contribution in [1.29, 1.82) is 0 Å². The van der Waals surface area contributed by atoms with Gasteiger partial charge in [-0.3, -0.25) is 4.79 Å². The Hall–Kier alpha value is -3.26. The fraction of sp³-hybridized carbons (Fsp3) is 0.292. The zero-order chi connectivity index (χ0) is 22.4. The van der Waals surface area contributed by atoms with Gasteiger partial charge in [0.25, 0.3) is 0 Å². The van der Waals surface area contributed by atoms with Crippen LogP contribution in [0.4, 0.5) is 11.5 Å². The molecule has 1 N–H and O–H groups in total. The number of piperidine rings is 1. The monoisotopic (exact) mass is 450 g/mol.